The van der Waals surface area contributed by atoms with Gasteiger partial charge < -0.3 is 42.7 Å². The highest BCUT2D eigenvalue weighted by Crippen LogP contribution is 2.13. The van der Waals surface area contributed by atoms with Gasteiger partial charge in [-0.15, -0.1) is 0 Å². The first-order chi connectivity index (χ1) is 17.3. The maximum absolute atomic E-state index is 13.1. The van der Waals surface area contributed by atoms with E-state index in [2.05, 4.69) is 16.0 Å². The van der Waals surface area contributed by atoms with E-state index in [0.29, 0.717) is 31.4 Å². The van der Waals surface area contributed by atoms with Gasteiger partial charge in [-0.2, -0.15) is 0 Å². The zero-order valence-corrected chi connectivity index (χ0v) is 21.0. The molecule has 0 heterocycles. The topological polar surface area (TPSA) is 234 Å². The molecule has 4 unspecified atom stereocenters. The number of unbranched alkanes of at least 4 members (excludes halogenated alkanes) is 1. The highest BCUT2D eigenvalue weighted by molar-refractivity contribution is 5.94. The van der Waals surface area contributed by atoms with E-state index in [1.165, 1.54) is 24.3 Å². The first-order valence-electron chi connectivity index (χ1n) is 11.9. The van der Waals surface area contributed by atoms with E-state index in [1.54, 1.807) is 13.8 Å². The number of nitrogens with one attached hydrogen (secondary N) is 3. The third-order valence-electron chi connectivity index (χ3n) is 5.56. The molecule has 1 rings (SSSR count). The van der Waals surface area contributed by atoms with Crippen molar-refractivity contribution < 1.29 is 39.3 Å². The summed E-state index contributed by atoms with van der Waals surface area (Å²) in [7, 11) is 0. The number of carboxylic acid groups (broad SMARTS) is 2. The summed E-state index contributed by atoms with van der Waals surface area (Å²) in [5.41, 5.74) is 11.9. The van der Waals surface area contributed by atoms with Crippen molar-refractivity contribution >= 4 is 29.7 Å². The Morgan fingerprint density at radius 2 is 1.46 bits per heavy atom. The minimum atomic E-state index is -1.73. The van der Waals surface area contributed by atoms with Crippen molar-refractivity contribution in [1.82, 2.24) is 16.0 Å². The third kappa shape index (κ3) is 11.3. The number of benzene rings is 1. The summed E-state index contributed by atoms with van der Waals surface area (Å²) in [6, 6.07) is 0.812. The molecule has 13 heteroatoms. The normalized spacial score (nSPS) is 14.2. The molecule has 3 amide bonds. The maximum Gasteiger partial charge on any atom is 0.326 e. The highest BCUT2D eigenvalue weighted by atomic mass is 16.4. The van der Waals surface area contributed by atoms with Crippen LogP contribution in [0, 0.1) is 5.92 Å². The summed E-state index contributed by atoms with van der Waals surface area (Å²) in [4.78, 5) is 61.1. The number of carboxylic acids is 2. The van der Waals surface area contributed by atoms with Crippen LogP contribution in [-0.2, 0) is 30.4 Å². The molecule has 0 aliphatic carbocycles. The van der Waals surface area contributed by atoms with Gasteiger partial charge in [0.25, 0.3) is 0 Å². The van der Waals surface area contributed by atoms with Gasteiger partial charge in [0.05, 0.1) is 12.5 Å². The summed E-state index contributed by atoms with van der Waals surface area (Å²) in [6.07, 6.45) is 0.742. The Labute approximate surface area is 215 Å². The van der Waals surface area contributed by atoms with Crippen molar-refractivity contribution in [1.29, 1.82) is 0 Å². The van der Waals surface area contributed by atoms with Gasteiger partial charge in [0.1, 0.15) is 23.9 Å². The largest absolute Gasteiger partial charge is 0.508 e. The van der Waals surface area contributed by atoms with Gasteiger partial charge >= 0.3 is 11.9 Å². The first kappa shape index (κ1) is 31.3. The Bertz CT molecular complexity index is 938. The van der Waals surface area contributed by atoms with E-state index in [-0.39, 0.29) is 12.2 Å². The molecule has 206 valence electrons. The fourth-order valence-electron chi connectivity index (χ4n) is 3.42. The second kappa shape index (κ2) is 15.4. The number of rotatable bonds is 16. The van der Waals surface area contributed by atoms with Crippen molar-refractivity contribution in [2.24, 2.45) is 17.4 Å². The Morgan fingerprint density at radius 1 is 0.865 bits per heavy atom. The molecule has 4 atom stereocenters. The fourth-order valence-corrected chi connectivity index (χ4v) is 3.42. The van der Waals surface area contributed by atoms with Crippen LogP contribution in [0.4, 0.5) is 0 Å². The second-order valence-corrected chi connectivity index (χ2v) is 9.05. The van der Waals surface area contributed by atoms with Crippen LogP contribution in [0.3, 0.4) is 0 Å². The molecule has 10 N–H and O–H groups in total. The molecule has 0 bridgehead atoms. The average Bonchev–Trinajstić information content (AvgIpc) is 2.82. The molecular weight excluding hydrogens is 486 g/mol. The lowest BCUT2D eigenvalue weighted by atomic mass is 10.00. The standard InChI is InChI=1S/C24H37N5O8/c1-13(2)20(29-21(33)16(26)5-3-4-10-25)23(35)27-17(11-14-6-8-15(30)9-7-14)22(34)28-18(24(36)37)12-19(31)32/h6-9,13,16-18,20,30H,3-5,10-12,25-26H2,1-2H3,(H,27,35)(H,28,34)(H,29,33)(H,31,32)(H,36,37). The molecule has 0 aliphatic rings. The van der Waals surface area contributed by atoms with Gasteiger partial charge in [-0.25, -0.2) is 4.79 Å². The van der Waals surface area contributed by atoms with Crippen LogP contribution in [0.1, 0.15) is 45.1 Å². The lowest BCUT2D eigenvalue weighted by Crippen LogP contribution is -2.59. The number of hydrogen-bond acceptors (Lipinski definition) is 8. The Balaban J connectivity index is 3.08. The molecule has 0 spiro atoms. The minimum Gasteiger partial charge on any atom is -0.508 e. The summed E-state index contributed by atoms with van der Waals surface area (Å²) in [5, 5.41) is 35.0. The number of hydrogen-bond donors (Lipinski definition) is 8. The van der Waals surface area contributed by atoms with Crippen LogP contribution in [0.15, 0.2) is 24.3 Å². The van der Waals surface area contributed by atoms with Crippen molar-refractivity contribution in [3.8, 4) is 5.75 Å². The second-order valence-electron chi connectivity index (χ2n) is 9.05. The van der Waals surface area contributed by atoms with Gasteiger partial charge in [-0.3, -0.25) is 19.2 Å². The zero-order chi connectivity index (χ0) is 28.1. The van der Waals surface area contributed by atoms with E-state index in [0.717, 1.165) is 0 Å². The van der Waals surface area contributed by atoms with Crippen LogP contribution in [0.5, 0.6) is 5.75 Å². The van der Waals surface area contributed by atoms with E-state index >= 15 is 0 Å². The number of carbonyl (C=O) groups is 5. The fraction of sp³-hybridized carbons (Fsp3) is 0.542. The third-order valence-corrected chi connectivity index (χ3v) is 5.56. The molecule has 0 aromatic heterocycles. The van der Waals surface area contributed by atoms with Gasteiger partial charge in [0.2, 0.25) is 17.7 Å². The Hall–Kier alpha value is -3.71. The molecule has 0 saturated carbocycles. The lowest BCUT2D eigenvalue weighted by Gasteiger charge is -2.27. The van der Waals surface area contributed by atoms with Crippen LogP contribution in [0.2, 0.25) is 0 Å². The molecule has 0 radical (unpaired) electrons. The lowest BCUT2D eigenvalue weighted by molar-refractivity contribution is -0.147. The number of phenolic OH excluding ortho intramolecular Hbond substituents is 1. The number of aromatic hydroxyl groups is 1. The predicted molar refractivity (Wildman–Crippen MR) is 133 cm³/mol. The van der Waals surface area contributed by atoms with E-state index in [4.69, 9.17) is 16.6 Å². The molecular formula is C24H37N5O8. The number of nitrogens with two attached hydrogens (primary N) is 2. The summed E-state index contributed by atoms with van der Waals surface area (Å²) >= 11 is 0. The summed E-state index contributed by atoms with van der Waals surface area (Å²) < 4.78 is 0. The van der Waals surface area contributed by atoms with E-state index < -0.39 is 66.2 Å². The highest BCUT2D eigenvalue weighted by Gasteiger charge is 2.32. The smallest absolute Gasteiger partial charge is 0.326 e. The molecule has 0 aliphatic heterocycles. The average molecular weight is 524 g/mol. The number of aliphatic carboxylic acids is 2. The van der Waals surface area contributed by atoms with Crippen LogP contribution >= 0.6 is 0 Å². The number of phenols is 1. The van der Waals surface area contributed by atoms with Crippen LogP contribution < -0.4 is 27.4 Å². The van der Waals surface area contributed by atoms with Crippen LogP contribution in [0.25, 0.3) is 0 Å². The van der Waals surface area contributed by atoms with Crippen molar-refractivity contribution in [3.05, 3.63) is 29.8 Å². The van der Waals surface area contributed by atoms with E-state index in [9.17, 15) is 34.2 Å². The zero-order valence-electron chi connectivity index (χ0n) is 21.0. The predicted octanol–water partition coefficient (Wildman–Crippen LogP) is -0.939. The van der Waals surface area contributed by atoms with Crippen molar-refractivity contribution in [3.63, 3.8) is 0 Å². The van der Waals surface area contributed by atoms with Gasteiger partial charge in [0, 0.05) is 6.42 Å². The summed E-state index contributed by atoms with van der Waals surface area (Å²) in [5.74, 6) is -5.58. The van der Waals surface area contributed by atoms with Crippen molar-refractivity contribution in [2.45, 2.75) is 70.1 Å². The SMILES string of the molecule is CC(C)C(NC(=O)C(N)CCCCN)C(=O)NC(Cc1ccc(O)cc1)C(=O)NC(CC(=O)O)C(=O)O. The van der Waals surface area contributed by atoms with Crippen LogP contribution in [-0.4, -0.2) is 75.7 Å². The minimum absolute atomic E-state index is 0.0217. The molecule has 0 fully saturated rings. The number of carbonyl (C=O) groups excluding carboxylic acids is 3. The molecule has 13 nitrogen and oxygen atoms in total. The first-order valence-corrected chi connectivity index (χ1v) is 11.9. The summed E-state index contributed by atoms with van der Waals surface area (Å²) in [6.45, 7) is 3.84. The van der Waals surface area contributed by atoms with Gasteiger partial charge in [-0.1, -0.05) is 32.4 Å². The monoisotopic (exact) mass is 523 g/mol. The van der Waals surface area contributed by atoms with Gasteiger partial charge in [-0.05, 0) is 43.0 Å². The molecule has 1 aromatic carbocycles. The molecule has 37 heavy (non-hydrogen) atoms. The number of amides is 3. The van der Waals surface area contributed by atoms with E-state index in [1.807, 2.05) is 0 Å². The Kier molecular flexibility index (Phi) is 13.0. The molecule has 1 aromatic rings. The van der Waals surface area contributed by atoms with Crippen molar-refractivity contribution in [2.75, 3.05) is 6.54 Å². The maximum atomic E-state index is 13.1. The van der Waals surface area contributed by atoms with Gasteiger partial charge in [0.15, 0.2) is 0 Å². The Morgan fingerprint density at radius 3 is 1.97 bits per heavy atom. The molecule has 0 saturated heterocycles. The quantitative estimate of drug-likeness (QED) is 0.124.